The summed E-state index contributed by atoms with van der Waals surface area (Å²) < 4.78 is 0. The van der Waals surface area contributed by atoms with Gasteiger partial charge in [0.25, 0.3) is 0 Å². The number of likely N-dealkylation sites (tertiary alicyclic amines) is 1. The number of hydrogen-bond donors (Lipinski definition) is 1. The summed E-state index contributed by atoms with van der Waals surface area (Å²) in [5.74, 6) is 0. The Morgan fingerprint density at radius 1 is 1.29 bits per heavy atom. The minimum atomic E-state index is -0.405. The Morgan fingerprint density at radius 3 is 2.62 bits per heavy atom. The van der Waals surface area contributed by atoms with Gasteiger partial charge in [-0.05, 0) is 45.0 Å². The van der Waals surface area contributed by atoms with E-state index in [1.165, 1.54) is 19.4 Å². The van der Waals surface area contributed by atoms with Gasteiger partial charge >= 0.3 is 0 Å². The smallest absolute Gasteiger partial charge is 0.0944 e. The van der Waals surface area contributed by atoms with Crippen LogP contribution in [0.15, 0.2) is 30.3 Å². The molecule has 0 aliphatic carbocycles. The molecular formula is C18H30N2O. The topological polar surface area (TPSA) is 26.7 Å². The van der Waals surface area contributed by atoms with Gasteiger partial charge < -0.3 is 5.11 Å². The normalized spacial score (nSPS) is 22.6. The molecule has 21 heavy (non-hydrogen) atoms. The van der Waals surface area contributed by atoms with Gasteiger partial charge in [0.05, 0.1) is 6.10 Å². The van der Waals surface area contributed by atoms with Crippen molar-refractivity contribution in [1.82, 2.24) is 9.80 Å². The lowest BCUT2D eigenvalue weighted by molar-refractivity contribution is 0.0473. The van der Waals surface area contributed by atoms with E-state index in [9.17, 15) is 5.11 Å². The zero-order valence-electron chi connectivity index (χ0n) is 13.7. The number of hydrogen-bond acceptors (Lipinski definition) is 3. The van der Waals surface area contributed by atoms with E-state index in [0.717, 1.165) is 25.1 Å². The molecule has 0 bridgehead atoms. The molecule has 1 N–H and O–H groups in total. The highest BCUT2D eigenvalue weighted by molar-refractivity contribution is 5.18. The molecule has 1 aromatic carbocycles. The molecular weight excluding hydrogens is 260 g/mol. The molecule has 0 saturated carbocycles. The fourth-order valence-corrected chi connectivity index (χ4v) is 3.63. The molecule has 2 rings (SSSR count). The summed E-state index contributed by atoms with van der Waals surface area (Å²) in [5.41, 5.74) is 1.02. The average Bonchev–Trinajstić information content (AvgIpc) is 2.96. The predicted molar refractivity (Wildman–Crippen MR) is 88.4 cm³/mol. The number of likely N-dealkylation sites (N-methyl/N-ethyl adjacent to an activating group) is 2. The summed E-state index contributed by atoms with van der Waals surface area (Å²) in [6.45, 7) is 7.83. The second-order valence-electron chi connectivity index (χ2n) is 6.20. The minimum absolute atomic E-state index is 0.187. The molecule has 0 radical (unpaired) electrons. The third-order valence-corrected chi connectivity index (χ3v) is 4.89. The van der Waals surface area contributed by atoms with Crippen LogP contribution in [0.1, 0.15) is 44.8 Å². The summed E-state index contributed by atoms with van der Waals surface area (Å²) >= 11 is 0. The Bertz CT molecular complexity index is 409. The van der Waals surface area contributed by atoms with Crippen molar-refractivity contribution in [2.45, 2.75) is 51.3 Å². The van der Waals surface area contributed by atoms with Crippen LogP contribution in [0.25, 0.3) is 0 Å². The summed E-state index contributed by atoms with van der Waals surface area (Å²) in [4.78, 5) is 4.93. The SMILES string of the molecule is CCC(C(O)c1ccccc1)N(C)CC1CCCN1CC. The Labute approximate surface area is 129 Å². The van der Waals surface area contributed by atoms with Crippen LogP contribution < -0.4 is 0 Å². The molecule has 3 atom stereocenters. The number of nitrogens with zero attached hydrogens (tertiary/aromatic N) is 2. The fraction of sp³-hybridized carbons (Fsp3) is 0.667. The van der Waals surface area contributed by atoms with E-state index >= 15 is 0 Å². The third kappa shape index (κ3) is 4.06. The van der Waals surface area contributed by atoms with Crippen LogP contribution >= 0.6 is 0 Å². The number of benzene rings is 1. The lowest BCUT2D eigenvalue weighted by Crippen LogP contribution is -2.44. The maximum absolute atomic E-state index is 10.7. The molecule has 0 amide bonds. The van der Waals surface area contributed by atoms with Gasteiger partial charge in [0, 0.05) is 18.6 Å². The molecule has 3 heteroatoms. The van der Waals surface area contributed by atoms with Gasteiger partial charge in [-0.1, -0.05) is 44.2 Å². The third-order valence-electron chi connectivity index (χ3n) is 4.89. The zero-order valence-corrected chi connectivity index (χ0v) is 13.7. The molecule has 1 aliphatic rings. The standard InChI is InChI=1S/C18H30N2O/c1-4-17(18(21)15-10-7-6-8-11-15)19(3)14-16-12-9-13-20(16)5-2/h6-8,10-11,16-18,21H,4-5,9,12-14H2,1-3H3. The summed E-state index contributed by atoms with van der Waals surface area (Å²) in [6.07, 6.45) is 3.16. The van der Waals surface area contributed by atoms with Crippen molar-refractivity contribution in [1.29, 1.82) is 0 Å². The molecule has 0 spiro atoms. The first-order valence-electron chi connectivity index (χ1n) is 8.34. The number of aliphatic hydroxyl groups excluding tert-OH is 1. The molecule has 1 aliphatic heterocycles. The van der Waals surface area contributed by atoms with E-state index in [0.29, 0.717) is 6.04 Å². The van der Waals surface area contributed by atoms with Crippen molar-refractivity contribution >= 4 is 0 Å². The van der Waals surface area contributed by atoms with Crippen molar-refractivity contribution in [3.63, 3.8) is 0 Å². The van der Waals surface area contributed by atoms with E-state index in [2.05, 4.69) is 30.7 Å². The number of aliphatic hydroxyl groups is 1. The van der Waals surface area contributed by atoms with E-state index in [1.54, 1.807) is 0 Å². The van der Waals surface area contributed by atoms with Crippen LogP contribution in [-0.4, -0.2) is 53.7 Å². The number of rotatable bonds is 7. The Kier molecular flexibility index (Phi) is 6.22. The van der Waals surface area contributed by atoms with Gasteiger partial charge in [0.2, 0.25) is 0 Å². The van der Waals surface area contributed by atoms with Crippen LogP contribution in [0, 0.1) is 0 Å². The van der Waals surface area contributed by atoms with Crippen molar-refractivity contribution in [3.8, 4) is 0 Å². The molecule has 0 aromatic heterocycles. The average molecular weight is 290 g/mol. The molecule has 3 nitrogen and oxygen atoms in total. The Balaban J connectivity index is 1.99. The highest BCUT2D eigenvalue weighted by Crippen LogP contribution is 2.25. The summed E-state index contributed by atoms with van der Waals surface area (Å²) in [6, 6.07) is 10.9. The highest BCUT2D eigenvalue weighted by Gasteiger charge is 2.29. The first-order chi connectivity index (χ1) is 10.2. The van der Waals surface area contributed by atoms with Gasteiger partial charge in [-0.2, -0.15) is 0 Å². The molecule has 1 heterocycles. The highest BCUT2D eigenvalue weighted by atomic mass is 16.3. The van der Waals surface area contributed by atoms with Crippen molar-refractivity contribution < 1.29 is 5.11 Å². The van der Waals surface area contributed by atoms with E-state index in [-0.39, 0.29) is 6.04 Å². The van der Waals surface area contributed by atoms with Crippen LogP contribution in [0.4, 0.5) is 0 Å². The van der Waals surface area contributed by atoms with E-state index in [4.69, 9.17) is 0 Å². The van der Waals surface area contributed by atoms with Gasteiger partial charge in [-0.15, -0.1) is 0 Å². The quantitative estimate of drug-likeness (QED) is 0.836. The van der Waals surface area contributed by atoms with Crippen molar-refractivity contribution in [3.05, 3.63) is 35.9 Å². The first kappa shape index (κ1) is 16.5. The maximum Gasteiger partial charge on any atom is 0.0944 e. The van der Waals surface area contributed by atoms with Gasteiger partial charge in [-0.25, -0.2) is 0 Å². The molecule has 3 unspecified atom stereocenters. The Hall–Kier alpha value is -0.900. The van der Waals surface area contributed by atoms with Crippen LogP contribution in [0.2, 0.25) is 0 Å². The van der Waals surface area contributed by atoms with Crippen molar-refractivity contribution in [2.75, 3.05) is 26.7 Å². The van der Waals surface area contributed by atoms with Crippen LogP contribution in [0.3, 0.4) is 0 Å². The predicted octanol–water partition coefficient (Wildman–Crippen LogP) is 2.91. The van der Waals surface area contributed by atoms with Gasteiger partial charge in [0.15, 0.2) is 0 Å². The zero-order chi connectivity index (χ0) is 15.2. The monoisotopic (exact) mass is 290 g/mol. The van der Waals surface area contributed by atoms with E-state index < -0.39 is 6.10 Å². The largest absolute Gasteiger partial charge is 0.387 e. The lowest BCUT2D eigenvalue weighted by Gasteiger charge is -2.35. The molecule has 1 aromatic rings. The maximum atomic E-state index is 10.7. The minimum Gasteiger partial charge on any atom is -0.387 e. The molecule has 1 saturated heterocycles. The summed E-state index contributed by atoms with van der Waals surface area (Å²) in [7, 11) is 2.16. The van der Waals surface area contributed by atoms with Crippen LogP contribution in [0.5, 0.6) is 0 Å². The first-order valence-corrected chi connectivity index (χ1v) is 8.34. The fourth-order valence-electron chi connectivity index (χ4n) is 3.63. The molecule has 1 fully saturated rings. The van der Waals surface area contributed by atoms with Gasteiger partial charge in [-0.3, -0.25) is 9.80 Å². The van der Waals surface area contributed by atoms with Crippen LogP contribution in [-0.2, 0) is 0 Å². The van der Waals surface area contributed by atoms with Gasteiger partial charge in [0.1, 0.15) is 0 Å². The van der Waals surface area contributed by atoms with Crippen molar-refractivity contribution in [2.24, 2.45) is 0 Å². The lowest BCUT2D eigenvalue weighted by atomic mass is 9.98. The van der Waals surface area contributed by atoms with E-state index in [1.807, 2.05) is 30.3 Å². The molecule has 118 valence electrons. The Morgan fingerprint density at radius 2 is 2.00 bits per heavy atom. The summed E-state index contributed by atoms with van der Waals surface area (Å²) in [5, 5.41) is 10.7. The second kappa shape index (κ2) is 7.92. The second-order valence-corrected chi connectivity index (χ2v) is 6.20.